The summed E-state index contributed by atoms with van der Waals surface area (Å²) in [5.41, 5.74) is 0.809. The van der Waals surface area contributed by atoms with Crippen LogP contribution in [-0.2, 0) is 28.6 Å². The molecule has 0 aromatic rings. The van der Waals surface area contributed by atoms with Crippen LogP contribution in [0.3, 0.4) is 0 Å². The fourth-order valence-corrected chi connectivity index (χ4v) is 9.33. The minimum Gasteiger partial charge on any atom is -0.501 e. The van der Waals surface area contributed by atoms with E-state index in [1.54, 1.807) is 6.08 Å². The smallest absolute Gasteiger partial charge is 0.303 e. The average molecular weight is 497 g/mol. The van der Waals surface area contributed by atoms with Crippen molar-refractivity contribution in [3.05, 3.63) is 35.6 Å². The van der Waals surface area contributed by atoms with E-state index in [-0.39, 0.29) is 23.0 Å². The summed E-state index contributed by atoms with van der Waals surface area (Å²) in [5.74, 6) is -0.664. The monoisotopic (exact) mass is 496 g/mol. The van der Waals surface area contributed by atoms with Crippen LogP contribution in [0.15, 0.2) is 35.6 Å². The quantitative estimate of drug-likeness (QED) is 0.388. The third-order valence-corrected chi connectivity index (χ3v) is 10.6. The highest BCUT2D eigenvalue weighted by Gasteiger charge is 2.72. The van der Waals surface area contributed by atoms with E-state index < -0.39 is 40.4 Å². The van der Waals surface area contributed by atoms with E-state index in [0.29, 0.717) is 5.92 Å². The lowest BCUT2D eigenvalue weighted by molar-refractivity contribution is -0.237. The SMILES string of the molecule is CC(=O)O[C@@H]1C2C(C)(C)C(=O)C=C[C@]2(C)[C@H]2CC[C@]3(C)C(=CC[C@H]3C3=COCC3)[C@]2(C)[C@@H]1OC(C)=O. The van der Waals surface area contributed by atoms with E-state index in [9.17, 15) is 14.4 Å². The van der Waals surface area contributed by atoms with Crippen molar-refractivity contribution in [1.82, 2.24) is 0 Å². The number of carbonyl (C=O) groups is 3. The van der Waals surface area contributed by atoms with Gasteiger partial charge >= 0.3 is 11.9 Å². The number of allylic oxidation sites excluding steroid dienone is 3. The zero-order chi connectivity index (χ0) is 26.3. The second kappa shape index (κ2) is 8.06. The van der Waals surface area contributed by atoms with Gasteiger partial charge in [0.1, 0.15) is 12.2 Å². The van der Waals surface area contributed by atoms with E-state index in [1.165, 1.54) is 25.0 Å². The highest BCUT2D eigenvalue weighted by Crippen LogP contribution is 2.72. The van der Waals surface area contributed by atoms with Crippen molar-refractivity contribution in [1.29, 1.82) is 0 Å². The van der Waals surface area contributed by atoms with Gasteiger partial charge < -0.3 is 14.2 Å². The van der Waals surface area contributed by atoms with E-state index >= 15 is 0 Å². The molecule has 8 atom stereocenters. The van der Waals surface area contributed by atoms with Gasteiger partial charge in [0.05, 0.1) is 12.9 Å². The molecule has 5 aliphatic rings. The normalized spacial score (nSPS) is 44.4. The van der Waals surface area contributed by atoms with Crippen LogP contribution in [-0.4, -0.2) is 36.5 Å². The molecule has 0 amide bonds. The van der Waals surface area contributed by atoms with Crippen molar-refractivity contribution in [2.24, 2.45) is 39.4 Å². The second-order valence-corrected chi connectivity index (χ2v) is 12.9. The summed E-state index contributed by atoms with van der Waals surface area (Å²) < 4.78 is 17.9. The zero-order valence-corrected chi connectivity index (χ0v) is 22.7. The molecule has 6 heteroatoms. The maximum Gasteiger partial charge on any atom is 0.303 e. The van der Waals surface area contributed by atoms with Crippen molar-refractivity contribution in [3.63, 3.8) is 0 Å². The van der Waals surface area contributed by atoms with Crippen molar-refractivity contribution >= 4 is 17.7 Å². The molecule has 0 radical (unpaired) electrons. The minimum absolute atomic E-state index is 0.0151. The van der Waals surface area contributed by atoms with Gasteiger partial charge in [-0.2, -0.15) is 0 Å². The van der Waals surface area contributed by atoms with Gasteiger partial charge in [0.15, 0.2) is 5.78 Å². The van der Waals surface area contributed by atoms with Crippen LogP contribution < -0.4 is 0 Å². The van der Waals surface area contributed by atoms with E-state index in [1.807, 2.05) is 20.1 Å². The summed E-state index contributed by atoms with van der Waals surface area (Å²) in [6, 6.07) is 0. The first kappa shape index (κ1) is 25.3. The molecule has 0 aromatic heterocycles. The van der Waals surface area contributed by atoms with Crippen LogP contribution >= 0.6 is 0 Å². The zero-order valence-electron chi connectivity index (χ0n) is 22.7. The molecule has 6 nitrogen and oxygen atoms in total. The maximum absolute atomic E-state index is 13.2. The van der Waals surface area contributed by atoms with Gasteiger partial charge in [-0.3, -0.25) is 14.4 Å². The molecule has 0 spiro atoms. The van der Waals surface area contributed by atoms with Crippen molar-refractivity contribution in [2.45, 2.75) is 86.4 Å². The summed E-state index contributed by atoms with van der Waals surface area (Å²) in [5, 5.41) is 0. The molecule has 196 valence electrons. The maximum atomic E-state index is 13.2. The number of esters is 2. The minimum atomic E-state index is -0.775. The predicted octanol–water partition coefficient (Wildman–Crippen LogP) is 5.32. The number of rotatable bonds is 3. The number of hydrogen-bond donors (Lipinski definition) is 0. The Hall–Kier alpha value is -2.37. The van der Waals surface area contributed by atoms with Crippen LogP contribution in [0.25, 0.3) is 0 Å². The first-order valence-electron chi connectivity index (χ1n) is 13.4. The Morgan fingerprint density at radius 3 is 2.36 bits per heavy atom. The summed E-state index contributed by atoms with van der Waals surface area (Å²) >= 11 is 0. The van der Waals surface area contributed by atoms with Gasteiger partial charge in [0.2, 0.25) is 0 Å². The molecule has 5 rings (SSSR count). The summed E-state index contributed by atoms with van der Waals surface area (Å²) in [4.78, 5) is 38.2. The van der Waals surface area contributed by atoms with Gasteiger partial charge in [-0.25, -0.2) is 0 Å². The average Bonchev–Trinajstić information content (AvgIpc) is 3.41. The first-order chi connectivity index (χ1) is 16.8. The van der Waals surface area contributed by atoms with Crippen molar-refractivity contribution in [2.75, 3.05) is 6.61 Å². The number of hydrogen-bond acceptors (Lipinski definition) is 6. The molecule has 1 aliphatic heterocycles. The number of ether oxygens (including phenoxy) is 3. The molecular weight excluding hydrogens is 456 g/mol. The van der Waals surface area contributed by atoms with Gasteiger partial charge in [0.25, 0.3) is 0 Å². The fourth-order valence-electron chi connectivity index (χ4n) is 9.33. The molecule has 4 aliphatic carbocycles. The topological polar surface area (TPSA) is 78.9 Å². The lowest BCUT2D eigenvalue weighted by atomic mass is 9.37. The third-order valence-electron chi connectivity index (χ3n) is 10.6. The summed E-state index contributed by atoms with van der Waals surface area (Å²) in [7, 11) is 0. The standard InChI is InChI=1S/C30H40O6/c1-17(31)35-24-25-27(3,4)23(33)11-14-29(25,6)22-10-13-28(5)20(19-12-15-34-16-19)8-9-21(28)30(22,7)26(24)36-18(2)32/h9,11,14,16,20,22,24-26H,8,10,12-13,15H2,1-7H3/t20-,22+,24+,25?,26+,28-,29+,30-/m0/s1. The molecule has 0 aromatic carbocycles. The Kier molecular flexibility index (Phi) is 5.66. The molecule has 36 heavy (non-hydrogen) atoms. The van der Waals surface area contributed by atoms with E-state index in [0.717, 1.165) is 32.3 Å². The Bertz CT molecular complexity index is 1100. The van der Waals surface area contributed by atoms with Crippen LogP contribution in [0.5, 0.6) is 0 Å². The summed E-state index contributed by atoms with van der Waals surface area (Å²) in [6.45, 7) is 14.2. The van der Waals surface area contributed by atoms with Gasteiger partial charge in [-0.15, -0.1) is 0 Å². The van der Waals surface area contributed by atoms with Crippen LogP contribution in [0.4, 0.5) is 0 Å². The molecule has 0 bridgehead atoms. The lowest BCUT2D eigenvalue weighted by Gasteiger charge is -2.67. The number of fused-ring (bicyclic) bond motifs is 5. The van der Waals surface area contributed by atoms with Crippen molar-refractivity contribution < 1.29 is 28.6 Å². The van der Waals surface area contributed by atoms with Crippen LogP contribution in [0.2, 0.25) is 0 Å². The molecule has 2 saturated carbocycles. The van der Waals surface area contributed by atoms with Gasteiger partial charge in [-0.05, 0) is 53.6 Å². The third kappa shape index (κ3) is 3.24. The van der Waals surface area contributed by atoms with E-state index in [2.05, 4.69) is 32.9 Å². The molecule has 1 heterocycles. The summed E-state index contributed by atoms with van der Waals surface area (Å²) in [6.07, 6.45) is 10.5. The highest BCUT2D eigenvalue weighted by atomic mass is 16.6. The molecule has 2 fully saturated rings. The highest BCUT2D eigenvalue weighted by molar-refractivity contribution is 5.96. The number of ketones is 1. The fraction of sp³-hybridized carbons (Fsp3) is 0.700. The van der Waals surface area contributed by atoms with Crippen LogP contribution in [0.1, 0.15) is 74.1 Å². The Labute approximate surface area is 214 Å². The Morgan fingerprint density at radius 1 is 1.06 bits per heavy atom. The van der Waals surface area contributed by atoms with E-state index in [4.69, 9.17) is 14.2 Å². The molecular formula is C30H40O6. The number of carbonyl (C=O) groups excluding carboxylic acids is 3. The predicted molar refractivity (Wildman–Crippen MR) is 134 cm³/mol. The van der Waals surface area contributed by atoms with Crippen molar-refractivity contribution in [3.8, 4) is 0 Å². The van der Waals surface area contributed by atoms with Crippen LogP contribution in [0, 0.1) is 39.4 Å². The Morgan fingerprint density at radius 2 is 1.75 bits per heavy atom. The van der Waals surface area contributed by atoms with Gasteiger partial charge in [-0.1, -0.05) is 52.3 Å². The Balaban J connectivity index is 1.71. The van der Waals surface area contributed by atoms with Gasteiger partial charge in [0, 0.05) is 37.0 Å². The first-order valence-corrected chi connectivity index (χ1v) is 13.4. The largest absolute Gasteiger partial charge is 0.501 e. The lowest BCUT2D eigenvalue weighted by Crippen LogP contribution is -2.70. The second-order valence-electron chi connectivity index (χ2n) is 12.9. The molecule has 0 N–H and O–H groups in total. The molecule has 1 unspecified atom stereocenters. The molecule has 0 saturated heterocycles.